The zero-order chi connectivity index (χ0) is 18.8. The van der Waals surface area contributed by atoms with Gasteiger partial charge in [-0.3, -0.25) is 9.78 Å². The highest BCUT2D eigenvalue weighted by Crippen LogP contribution is 2.42. The molecule has 142 valence electrons. The number of hydrogen-bond acceptors (Lipinski definition) is 7. The number of ether oxygens (including phenoxy) is 2. The van der Waals surface area contributed by atoms with Crippen LogP contribution < -0.4 is 10.5 Å². The molecule has 0 amide bonds. The van der Waals surface area contributed by atoms with E-state index >= 15 is 0 Å². The second-order valence-electron chi connectivity index (χ2n) is 7.61. The van der Waals surface area contributed by atoms with Crippen LogP contribution in [-0.2, 0) is 22.5 Å². The molecule has 27 heavy (non-hydrogen) atoms. The van der Waals surface area contributed by atoms with E-state index < -0.39 is 0 Å². The number of rotatable bonds is 1. The average Bonchev–Trinajstić information content (AvgIpc) is 3.00. The average molecular weight is 405 g/mol. The van der Waals surface area contributed by atoms with Crippen LogP contribution >= 0.6 is 23.6 Å². The van der Waals surface area contributed by atoms with Gasteiger partial charge in [-0.25, -0.2) is 4.98 Å². The predicted molar refractivity (Wildman–Crippen MR) is 109 cm³/mol. The summed E-state index contributed by atoms with van der Waals surface area (Å²) in [6, 6.07) is 0. The van der Waals surface area contributed by atoms with Gasteiger partial charge in [0.05, 0.1) is 30.9 Å². The number of aromatic nitrogens is 3. The summed E-state index contributed by atoms with van der Waals surface area (Å²) in [6.07, 6.45) is 0.762. The van der Waals surface area contributed by atoms with Crippen molar-refractivity contribution in [1.82, 2.24) is 15.0 Å². The number of aromatic amines is 2. The number of pyridine rings is 1. The van der Waals surface area contributed by atoms with Gasteiger partial charge in [0.2, 0.25) is 0 Å². The van der Waals surface area contributed by atoms with E-state index in [4.69, 9.17) is 26.7 Å². The quantitative estimate of drug-likeness (QED) is 0.607. The third kappa shape index (κ3) is 2.80. The summed E-state index contributed by atoms with van der Waals surface area (Å²) in [5.74, 6) is 0.956. The SMILES string of the molecule is CC1(C)Cc2c(c(N3CCOCC3)nc3sc4c(=O)[nH]c(=S)[nH]c4c23)CO1. The topological polar surface area (TPSA) is 83.2 Å². The van der Waals surface area contributed by atoms with Crippen LogP contribution in [0.2, 0.25) is 0 Å². The molecule has 1 fully saturated rings. The molecule has 1 saturated heterocycles. The van der Waals surface area contributed by atoms with Gasteiger partial charge in [-0.05, 0) is 31.6 Å². The van der Waals surface area contributed by atoms with Crippen molar-refractivity contribution in [2.75, 3.05) is 31.2 Å². The maximum Gasteiger partial charge on any atom is 0.269 e. The molecule has 0 aromatic carbocycles. The van der Waals surface area contributed by atoms with E-state index in [0.717, 1.165) is 46.6 Å². The zero-order valence-electron chi connectivity index (χ0n) is 15.2. The molecular weight excluding hydrogens is 384 g/mol. The van der Waals surface area contributed by atoms with E-state index in [1.54, 1.807) is 0 Å². The number of H-pyrrole nitrogens is 2. The first kappa shape index (κ1) is 17.3. The fourth-order valence-electron chi connectivity index (χ4n) is 3.94. The summed E-state index contributed by atoms with van der Waals surface area (Å²) in [6.45, 7) is 7.71. The molecule has 2 aliphatic rings. The van der Waals surface area contributed by atoms with Crippen molar-refractivity contribution in [3.8, 4) is 0 Å². The fourth-order valence-corrected chi connectivity index (χ4v) is 5.19. The Morgan fingerprint density at radius 1 is 1.22 bits per heavy atom. The molecule has 3 aromatic heterocycles. The largest absolute Gasteiger partial charge is 0.378 e. The zero-order valence-corrected chi connectivity index (χ0v) is 16.8. The minimum atomic E-state index is -0.268. The van der Waals surface area contributed by atoms with E-state index in [2.05, 4.69) is 28.7 Å². The summed E-state index contributed by atoms with van der Waals surface area (Å²) >= 11 is 6.63. The molecule has 0 unspecified atom stereocenters. The molecule has 0 atom stereocenters. The molecule has 2 aliphatic heterocycles. The van der Waals surface area contributed by atoms with Crippen molar-refractivity contribution in [3.63, 3.8) is 0 Å². The molecule has 5 heterocycles. The molecule has 7 nitrogen and oxygen atoms in total. The van der Waals surface area contributed by atoms with Crippen molar-refractivity contribution < 1.29 is 9.47 Å². The van der Waals surface area contributed by atoms with Crippen molar-refractivity contribution in [1.29, 1.82) is 0 Å². The van der Waals surface area contributed by atoms with Gasteiger partial charge in [0.15, 0.2) is 4.77 Å². The number of morpholine rings is 1. The highest BCUT2D eigenvalue weighted by Gasteiger charge is 2.33. The Kier molecular flexibility index (Phi) is 3.91. The second kappa shape index (κ2) is 6.10. The van der Waals surface area contributed by atoms with E-state index in [0.29, 0.717) is 29.3 Å². The smallest absolute Gasteiger partial charge is 0.269 e. The standard InChI is InChI=1S/C18H20N4O3S2/c1-18(2)7-9-10(8-25-18)14(22-3-5-24-6-4-22)20-16-11(9)12-13(27-16)15(23)21-17(26)19-12/h3-8H2,1-2H3,(H2,19,21,23,26). The number of anilines is 1. The van der Waals surface area contributed by atoms with E-state index in [1.807, 2.05) is 0 Å². The molecule has 0 bridgehead atoms. The lowest BCUT2D eigenvalue weighted by Crippen LogP contribution is -2.39. The summed E-state index contributed by atoms with van der Waals surface area (Å²) in [7, 11) is 0. The number of thiophene rings is 1. The van der Waals surface area contributed by atoms with Gasteiger partial charge in [0, 0.05) is 30.5 Å². The van der Waals surface area contributed by atoms with E-state index in [9.17, 15) is 4.79 Å². The Morgan fingerprint density at radius 3 is 2.78 bits per heavy atom. The lowest BCUT2D eigenvalue weighted by molar-refractivity contribution is -0.0396. The molecule has 9 heteroatoms. The first-order valence-electron chi connectivity index (χ1n) is 9.00. The van der Waals surface area contributed by atoms with Gasteiger partial charge < -0.3 is 19.4 Å². The predicted octanol–water partition coefficient (Wildman–Crippen LogP) is 2.88. The minimum Gasteiger partial charge on any atom is -0.378 e. The van der Waals surface area contributed by atoms with Crippen LogP contribution in [0.3, 0.4) is 0 Å². The molecule has 0 radical (unpaired) electrons. The summed E-state index contributed by atoms with van der Waals surface area (Å²) in [5, 5.41) is 1.01. The fraction of sp³-hybridized carbons (Fsp3) is 0.500. The van der Waals surface area contributed by atoms with Gasteiger partial charge >= 0.3 is 0 Å². The van der Waals surface area contributed by atoms with Gasteiger partial charge in [-0.1, -0.05) is 0 Å². The molecule has 3 aromatic rings. The number of nitrogens with zero attached hydrogens (tertiary/aromatic N) is 2. The van der Waals surface area contributed by atoms with Gasteiger partial charge in [0.25, 0.3) is 5.56 Å². The molecule has 5 rings (SSSR count). The van der Waals surface area contributed by atoms with Crippen LogP contribution in [-0.4, -0.2) is 46.9 Å². The lowest BCUT2D eigenvalue weighted by atomic mass is 9.90. The molecular formula is C18H20N4O3S2. The highest BCUT2D eigenvalue weighted by molar-refractivity contribution is 7.71. The van der Waals surface area contributed by atoms with Gasteiger partial charge in [-0.15, -0.1) is 11.3 Å². The van der Waals surface area contributed by atoms with Crippen molar-refractivity contribution >= 4 is 49.8 Å². The van der Waals surface area contributed by atoms with Crippen LogP contribution in [0.25, 0.3) is 20.4 Å². The number of fused-ring (bicyclic) bond motifs is 5. The summed E-state index contributed by atoms with van der Waals surface area (Å²) < 4.78 is 12.6. The maximum atomic E-state index is 12.4. The van der Waals surface area contributed by atoms with E-state index in [1.165, 1.54) is 16.9 Å². The van der Waals surface area contributed by atoms with Crippen molar-refractivity contribution in [2.45, 2.75) is 32.5 Å². The summed E-state index contributed by atoms with van der Waals surface area (Å²) in [5.41, 5.74) is 2.68. The molecule has 0 aliphatic carbocycles. The molecule has 2 N–H and O–H groups in total. The summed E-state index contributed by atoms with van der Waals surface area (Å²) in [4.78, 5) is 26.4. The molecule has 0 saturated carbocycles. The number of hydrogen-bond donors (Lipinski definition) is 2. The van der Waals surface area contributed by atoms with Crippen LogP contribution in [0.4, 0.5) is 5.82 Å². The van der Waals surface area contributed by atoms with Crippen LogP contribution in [0.5, 0.6) is 0 Å². The van der Waals surface area contributed by atoms with Crippen molar-refractivity contribution in [2.24, 2.45) is 0 Å². The Balaban J connectivity index is 1.86. The third-order valence-corrected chi connectivity index (χ3v) is 6.51. The van der Waals surface area contributed by atoms with Crippen LogP contribution in [0.15, 0.2) is 4.79 Å². The Hall–Kier alpha value is -1.81. The molecule has 0 spiro atoms. The first-order valence-corrected chi connectivity index (χ1v) is 10.2. The van der Waals surface area contributed by atoms with Crippen LogP contribution in [0.1, 0.15) is 25.0 Å². The normalized spacial score (nSPS) is 19.6. The Labute approximate surface area is 164 Å². The third-order valence-electron chi connectivity index (χ3n) is 5.23. The number of nitrogens with one attached hydrogen (secondary N) is 2. The van der Waals surface area contributed by atoms with E-state index in [-0.39, 0.29) is 11.2 Å². The Bertz CT molecular complexity index is 1170. The maximum absolute atomic E-state index is 12.4. The van der Waals surface area contributed by atoms with Crippen molar-refractivity contribution in [3.05, 3.63) is 26.3 Å². The monoisotopic (exact) mass is 404 g/mol. The highest BCUT2D eigenvalue weighted by atomic mass is 32.1. The lowest BCUT2D eigenvalue weighted by Gasteiger charge is -2.36. The van der Waals surface area contributed by atoms with Gasteiger partial charge in [0.1, 0.15) is 15.3 Å². The van der Waals surface area contributed by atoms with Crippen LogP contribution in [0, 0.1) is 4.77 Å². The minimum absolute atomic E-state index is 0.162. The van der Waals surface area contributed by atoms with Gasteiger partial charge in [-0.2, -0.15) is 0 Å². The first-order chi connectivity index (χ1) is 12.9. The second-order valence-corrected chi connectivity index (χ2v) is 9.02. The Morgan fingerprint density at radius 2 is 2.00 bits per heavy atom.